The van der Waals surface area contributed by atoms with E-state index in [-0.39, 0.29) is 0 Å². The highest BCUT2D eigenvalue weighted by molar-refractivity contribution is 6.35. The van der Waals surface area contributed by atoms with Crippen molar-refractivity contribution in [2.45, 2.75) is 19.0 Å². The SMILES string of the molecule is C#Cc1ccnc(N2CC[C@H](NCc3ccc(Cl)cc3Cl)C2)c1. The lowest BCUT2D eigenvalue weighted by Gasteiger charge is -2.18. The topological polar surface area (TPSA) is 28.2 Å². The molecule has 118 valence electrons. The van der Waals surface area contributed by atoms with E-state index in [9.17, 15) is 0 Å². The minimum absolute atomic E-state index is 0.401. The van der Waals surface area contributed by atoms with E-state index in [0.29, 0.717) is 16.1 Å². The molecule has 3 rings (SSSR count). The summed E-state index contributed by atoms with van der Waals surface area (Å²) in [4.78, 5) is 6.66. The third kappa shape index (κ3) is 3.97. The number of benzene rings is 1. The normalized spacial score (nSPS) is 17.3. The molecule has 1 atom stereocenters. The molecule has 1 aromatic carbocycles. The number of halogens is 2. The highest BCUT2D eigenvalue weighted by atomic mass is 35.5. The van der Waals surface area contributed by atoms with Crippen LogP contribution in [0.5, 0.6) is 0 Å². The first-order chi connectivity index (χ1) is 11.2. The Morgan fingerprint density at radius 2 is 2.17 bits per heavy atom. The van der Waals surface area contributed by atoms with Gasteiger partial charge in [-0.2, -0.15) is 0 Å². The molecular weight excluding hydrogens is 329 g/mol. The van der Waals surface area contributed by atoms with Gasteiger partial charge < -0.3 is 10.2 Å². The molecule has 0 saturated carbocycles. The van der Waals surface area contributed by atoms with E-state index in [1.54, 1.807) is 12.3 Å². The fourth-order valence-corrected chi connectivity index (χ4v) is 3.21. The number of hydrogen-bond donors (Lipinski definition) is 1. The fraction of sp³-hybridized carbons (Fsp3) is 0.278. The van der Waals surface area contributed by atoms with Crippen LogP contribution in [0, 0.1) is 12.3 Å². The van der Waals surface area contributed by atoms with Gasteiger partial charge in [0, 0.05) is 47.5 Å². The Hall–Kier alpha value is -1.73. The van der Waals surface area contributed by atoms with Gasteiger partial charge in [0.05, 0.1) is 0 Å². The Morgan fingerprint density at radius 1 is 1.30 bits per heavy atom. The Labute approximate surface area is 146 Å². The van der Waals surface area contributed by atoms with Crippen LogP contribution in [0.4, 0.5) is 5.82 Å². The zero-order valence-electron chi connectivity index (χ0n) is 12.6. The van der Waals surface area contributed by atoms with E-state index in [2.05, 4.69) is 21.1 Å². The Bertz CT molecular complexity index is 739. The lowest BCUT2D eigenvalue weighted by Crippen LogP contribution is -2.32. The van der Waals surface area contributed by atoms with Crippen LogP contribution in [-0.2, 0) is 6.54 Å². The molecule has 1 aliphatic rings. The van der Waals surface area contributed by atoms with Gasteiger partial charge >= 0.3 is 0 Å². The maximum absolute atomic E-state index is 6.21. The summed E-state index contributed by atoms with van der Waals surface area (Å²) < 4.78 is 0. The van der Waals surface area contributed by atoms with Crippen LogP contribution >= 0.6 is 23.2 Å². The van der Waals surface area contributed by atoms with Gasteiger partial charge in [0.1, 0.15) is 5.82 Å². The molecule has 0 radical (unpaired) electrons. The van der Waals surface area contributed by atoms with Crippen molar-refractivity contribution >= 4 is 29.0 Å². The quantitative estimate of drug-likeness (QED) is 0.855. The minimum atomic E-state index is 0.401. The first-order valence-corrected chi connectivity index (χ1v) is 8.26. The van der Waals surface area contributed by atoms with Crippen LogP contribution in [0.15, 0.2) is 36.5 Å². The average molecular weight is 346 g/mol. The minimum Gasteiger partial charge on any atom is -0.355 e. The van der Waals surface area contributed by atoms with Crippen molar-refractivity contribution in [3.8, 4) is 12.3 Å². The Balaban J connectivity index is 1.58. The van der Waals surface area contributed by atoms with Gasteiger partial charge in [-0.15, -0.1) is 6.42 Å². The van der Waals surface area contributed by atoms with Crippen LogP contribution in [0.25, 0.3) is 0 Å². The lowest BCUT2D eigenvalue weighted by molar-refractivity contribution is 0.551. The average Bonchev–Trinajstić information content (AvgIpc) is 3.03. The molecule has 1 aliphatic heterocycles. The summed E-state index contributed by atoms with van der Waals surface area (Å²) >= 11 is 12.1. The molecule has 1 N–H and O–H groups in total. The molecule has 5 heteroatoms. The molecule has 2 aromatic rings. The molecule has 0 amide bonds. The zero-order chi connectivity index (χ0) is 16.2. The van der Waals surface area contributed by atoms with Gasteiger partial charge in [0.15, 0.2) is 0 Å². The highest BCUT2D eigenvalue weighted by Crippen LogP contribution is 2.22. The highest BCUT2D eigenvalue weighted by Gasteiger charge is 2.23. The number of nitrogens with one attached hydrogen (secondary N) is 1. The van der Waals surface area contributed by atoms with Crippen LogP contribution in [-0.4, -0.2) is 24.1 Å². The number of terminal acetylenes is 1. The van der Waals surface area contributed by atoms with Crippen molar-refractivity contribution in [2.75, 3.05) is 18.0 Å². The van der Waals surface area contributed by atoms with Crippen molar-refractivity contribution in [1.29, 1.82) is 0 Å². The van der Waals surface area contributed by atoms with E-state index in [4.69, 9.17) is 29.6 Å². The number of pyridine rings is 1. The Kier molecular flexibility index (Phi) is 5.07. The largest absolute Gasteiger partial charge is 0.355 e. The number of aromatic nitrogens is 1. The number of rotatable bonds is 4. The molecule has 1 fully saturated rings. The van der Waals surface area contributed by atoms with Crippen LogP contribution in [0.1, 0.15) is 17.5 Å². The molecule has 0 aliphatic carbocycles. The maximum atomic E-state index is 6.21. The summed E-state index contributed by atoms with van der Waals surface area (Å²) in [5.74, 6) is 3.59. The number of hydrogen-bond acceptors (Lipinski definition) is 3. The molecule has 1 saturated heterocycles. The second-order valence-electron chi connectivity index (χ2n) is 5.60. The van der Waals surface area contributed by atoms with Gasteiger partial charge in [-0.05, 0) is 36.2 Å². The summed E-state index contributed by atoms with van der Waals surface area (Å²) in [7, 11) is 0. The first-order valence-electron chi connectivity index (χ1n) is 7.50. The molecule has 23 heavy (non-hydrogen) atoms. The van der Waals surface area contributed by atoms with Crippen molar-refractivity contribution < 1.29 is 0 Å². The van der Waals surface area contributed by atoms with E-state index < -0.39 is 0 Å². The molecule has 0 bridgehead atoms. The lowest BCUT2D eigenvalue weighted by atomic mass is 10.2. The standard InChI is InChI=1S/C18H17Cl2N3/c1-2-13-5-7-21-18(9-13)23-8-6-16(12-23)22-11-14-3-4-15(19)10-17(14)20/h1,3-5,7,9-10,16,22H,6,8,11-12H2/t16-/m0/s1. The van der Waals surface area contributed by atoms with Gasteiger partial charge in [-0.25, -0.2) is 4.98 Å². The molecule has 1 aromatic heterocycles. The van der Waals surface area contributed by atoms with Crippen molar-refractivity contribution in [3.63, 3.8) is 0 Å². The number of nitrogens with zero attached hydrogens (tertiary/aromatic N) is 2. The van der Waals surface area contributed by atoms with Crippen molar-refractivity contribution in [3.05, 3.63) is 57.7 Å². The smallest absolute Gasteiger partial charge is 0.129 e. The van der Waals surface area contributed by atoms with Gasteiger partial charge in [-0.3, -0.25) is 0 Å². The summed E-state index contributed by atoms with van der Waals surface area (Å²) in [5.41, 5.74) is 1.92. The van der Waals surface area contributed by atoms with E-state index in [1.807, 2.05) is 24.3 Å². The maximum Gasteiger partial charge on any atom is 0.129 e. The van der Waals surface area contributed by atoms with E-state index in [1.165, 1.54) is 0 Å². The van der Waals surface area contributed by atoms with Crippen LogP contribution in [0.3, 0.4) is 0 Å². The monoisotopic (exact) mass is 345 g/mol. The summed E-state index contributed by atoms with van der Waals surface area (Å²) in [5, 5.41) is 4.90. The predicted molar refractivity (Wildman–Crippen MR) is 96.1 cm³/mol. The van der Waals surface area contributed by atoms with E-state index in [0.717, 1.165) is 43.0 Å². The summed E-state index contributed by atoms with van der Waals surface area (Å²) in [6.07, 6.45) is 8.28. The van der Waals surface area contributed by atoms with E-state index >= 15 is 0 Å². The second kappa shape index (κ2) is 7.23. The second-order valence-corrected chi connectivity index (χ2v) is 6.44. The van der Waals surface area contributed by atoms with Gasteiger partial charge in [0.2, 0.25) is 0 Å². The third-order valence-corrected chi connectivity index (χ3v) is 4.61. The number of anilines is 1. The Morgan fingerprint density at radius 3 is 2.96 bits per heavy atom. The molecule has 0 unspecified atom stereocenters. The molecule has 2 heterocycles. The summed E-state index contributed by atoms with van der Waals surface area (Å²) in [6, 6.07) is 9.80. The first kappa shape index (κ1) is 16.1. The van der Waals surface area contributed by atoms with Gasteiger partial charge in [-0.1, -0.05) is 35.2 Å². The third-order valence-electron chi connectivity index (χ3n) is 4.02. The van der Waals surface area contributed by atoms with Crippen molar-refractivity contribution in [2.24, 2.45) is 0 Å². The van der Waals surface area contributed by atoms with Crippen molar-refractivity contribution in [1.82, 2.24) is 10.3 Å². The van der Waals surface area contributed by atoms with Crippen LogP contribution < -0.4 is 10.2 Å². The van der Waals surface area contributed by atoms with Crippen LogP contribution in [0.2, 0.25) is 10.0 Å². The molecule has 3 nitrogen and oxygen atoms in total. The molecular formula is C18H17Cl2N3. The zero-order valence-corrected chi connectivity index (χ0v) is 14.1. The van der Waals surface area contributed by atoms with Gasteiger partial charge in [0.25, 0.3) is 0 Å². The predicted octanol–water partition coefficient (Wildman–Crippen LogP) is 3.74. The molecule has 0 spiro atoms. The fourth-order valence-electron chi connectivity index (χ4n) is 2.74. The summed E-state index contributed by atoms with van der Waals surface area (Å²) in [6.45, 7) is 2.60.